The van der Waals surface area contributed by atoms with Gasteiger partial charge in [-0.3, -0.25) is 10.1 Å². The molecule has 0 aliphatic carbocycles. The minimum absolute atomic E-state index is 0.110. The molecule has 0 amide bonds. The Morgan fingerprint density at radius 2 is 1.83 bits per heavy atom. The molecule has 0 heterocycles. The van der Waals surface area contributed by atoms with Crippen LogP contribution in [0.4, 0.5) is 10.1 Å². The number of esters is 1. The molecule has 0 aliphatic heterocycles. The fourth-order valence-corrected chi connectivity index (χ4v) is 1.86. The van der Waals surface area contributed by atoms with Gasteiger partial charge in [0.25, 0.3) is 5.69 Å². The van der Waals surface area contributed by atoms with Gasteiger partial charge < -0.3 is 4.74 Å². The molecule has 2 rings (SSSR count). The Labute approximate surface area is 130 Å². The number of nitro groups is 1. The van der Waals surface area contributed by atoms with Crippen LogP contribution in [0, 0.1) is 21.4 Å². The topological polar surface area (TPSA) is 93.2 Å². The fraction of sp³-hybridized carbons (Fsp3) is 0.125. The maximum Gasteiger partial charge on any atom is 0.364 e. The minimum atomic E-state index is -2.90. The summed E-state index contributed by atoms with van der Waals surface area (Å²) in [7, 11) is 0. The van der Waals surface area contributed by atoms with Crippen molar-refractivity contribution in [1.82, 2.24) is 0 Å². The van der Waals surface area contributed by atoms with E-state index in [0.29, 0.717) is 5.56 Å². The number of halogens is 1. The number of nitro benzene ring substituents is 1. The smallest absolute Gasteiger partial charge is 0.364 e. The van der Waals surface area contributed by atoms with Gasteiger partial charge in [-0.1, -0.05) is 30.3 Å². The van der Waals surface area contributed by atoms with Gasteiger partial charge in [-0.2, -0.15) is 5.26 Å². The molecular formula is C16H11FN2O4. The van der Waals surface area contributed by atoms with Gasteiger partial charge in [0.2, 0.25) is 0 Å². The lowest BCUT2D eigenvalue weighted by molar-refractivity contribution is -0.384. The lowest BCUT2D eigenvalue weighted by atomic mass is 9.97. The summed E-state index contributed by atoms with van der Waals surface area (Å²) in [6.07, 6.45) is 0. The molecule has 7 heteroatoms. The summed E-state index contributed by atoms with van der Waals surface area (Å²) in [6, 6.07) is 13.9. The third-order valence-electron chi connectivity index (χ3n) is 3.12. The second-order valence-corrected chi connectivity index (χ2v) is 4.64. The van der Waals surface area contributed by atoms with Gasteiger partial charge >= 0.3 is 11.6 Å². The molecule has 0 aliphatic rings. The van der Waals surface area contributed by atoms with E-state index in [2.05, 4.69) is 0 Å². The molecule has 0 radical (unpaired) electrons. The predicted octanol–water partition coefficient (Wildman–Crippen LogP) is 3.03. The molecule has 6 nitrogen and oxygen atoms in total. The van der Waals surface area contributed by atoms with Crippen molar-refractivity contribution in [3.8, 4) is 6.07 Å². The van der Waals surface area contributed by atoms with Crippen molar-refractivity contribution in [3.05, 3.63) is 75.8 Å². The first-order chi connectivity index (χ1) is 11.0. The molecule has 0 saturated heterocycles. The van der Waals surface area contributed by atoms with E-state index in [9.17, 15) is 19.3 Å². The quantitative estimate of drug-likeness (QED) is 0.480. The number of carbonyl (C=O) groups is 1. The summed E-state index contributed by atoms with van der Waals surface area (Å²) in [5.41, 5.74) is -2.68. The predicted molar refractivity (Wildman–Crippen MR) is 77.7 cm³/mol. The summed E-state index contributed by atoms with van der Waals surface area (Å²) in [5, 5.41) is 19.5. The molecular weight excluding hydrogens is 303 g/mol. The average Bonchev–Trinajstić information content (AvgIpc) is 2.60. The van der Waals surface area contributed by atoms with E-state index in [-0.39, 0.29) is 17.9 Å². The van der Waals surface area contributed by atoms with Crippen LogP contribution in [-0.2, 0) is 21.8 Å². The van der Waals surface area contributed by atoms with E-state index in [4.69, 9.17) is 10.00 Å². The van der Waals surface area contributed by atoms with E-state index in [1.54, 1.807) is 6.07 Å². The maximum absolute atomic E-state index is 14.6. The number of nitriles is 1. The molecule has 0 N–H and O–H groups in total. The number of ether oxygens (including phenoxy) is 1. The fourth-order valence-electron chi connectivity index (χ4n) is 1.86. The minimum Gasteiger partial charge on any atom is -0.457 e. The van der Waals surface area contributed by atoms with Crippen LogP contribution >= 0.6 is 0 Å². The zero-order valence-electron chi connectivity index (χ0n) is 11.8. The number of rotatable bonds is 5. The standard InChI is InChI=1S/C16H11FN2O4/c17-16(11-18,13-4-2-1-3-5-13)15(20)23-10-12-6-8-14(9-7-12)19(21)22/h1-9H,10H2/t16-/m0/s1. The molecule has 2 aromatic carbocycles. The highest BCUT2D eigenvalue weighted by Crippen LogP contribution is 2.27. The highest BCUT2D eigenvalue weighted by molar-refractivity contribution is 5.84. The molecule has 2 aromatic rings. The van der Waals surface area contributed by atoms with E-state index in [1.807, 2.05) is 0 Å². The van der Waals surface area contributed by atoms with Crippen LogP contribution in [-0.4, -0.2) is 10.9 Å². The Morgan fingerprint density at radius 1 is 1.22 bits per heavy atom. The molecule has 0 fully saturated rings. The van der Waals surface area contributed by atoms with Crippen molar-refractivity contribution in [2.75, 3.05) is 0 Å². The van der Waals surface area contributed by atoms with Gasteiger partial charge in [0, 0.05) is 17.7 Å². The highest BCUT2D eigenvalue weighted by atomic mass is 19.1. The number of hydrogen-bond acceptors (Lipinski definition) is 5. The maximum atomic E-state index is 14.6. The number of benzene rings is 2. The molecule has 23 heavy (non-hydrogen) atoms. The second-order valence-electron chi connectivity index (χ2n) is 4.64. The van der Waals surface area contributed by atoms with Crippen molar-refractivity contribution in [2.45, 2.75) is 12.3 Å². The molecule has 116 valence electrons. The summed E-state index contributed by atoms with van der Waals surface area (Å²) in [4.78, 5) is 21.9. The molecule has 1 atom stereocenters. The Bertz CT molecular complexity index is 756. The van der Waals surface area contributed by atoms with Gasteiger partial charge in [0.15, 0.2) is 0 Å². The second kappa shape index (κ2) is 6.66. The molecule has 0 spiro atoms. The van der Waals surface area contributed by atoms with Crippen LogP contribution in [0.15, 0.2) is 54.6 Å². The Hall–Kier alpha value is -3.27. The third kappa shape index (κ3) is 3.49. The molecule has 0 unspecified atom stereocenters. The SMILES string of the molecule is N#C[C@@](F)(C(=O)OCc1ccc([N+](=O)[O-])cc1)c1ccccc1. The Morgan fingerprint density at radius 3 is 2.35 bits per heavy atom. The largest absolute Gasteiger partial charge is 0.457 e. The van der Waals surface area contributed by atoms with Crippen molar-refractivity contribution >= 4 is 11.7 Å². The zero-order chi connectivity index (χ0) is 16.9. The normalized spacial score (nSPS) is 12.7. The van der Waals surface area contributed by atoms with Crippen LogP contribution in [0.2, 0.25) is 0 Å². The van der Waals surface area contributed by atoms with E-state index in [0.717, 1.165) is 0 Å². The number of hydrogen-bond donors (Lipinski definition) is 0. The van der Waals surface area contributed by atoms with Gasteiger partial charge in [-0.25, -0.2) is 9.18 Å². The van der Waals surface area contributed by atoms with Crippen molar-refractivity contribution in [3.63, 3.8) is 0 Å². The lowest BCUT2D eigenvalue weighted by Crippen LogP contribution is -2.31. The molecule has 0 bridgehead atoms. The van der Waals surface area contributed by atoms with Crippen molar-refractivity contribution < 1.29 is 18.8 Å². The first kappa shape index (κ1) is 16.1. The van der Waals surface area contributed by atoms with E-state index < -0.39 is 16.6 Å². The highest BCUT2D eigenvalue weighted by Gasteiger charge is 2.42. The number of non-ortho nitro benzene ring substituents is 1. The monoisotopic (exact) mass is 314 g/mol. The van der Waals surface area contributed by atoms with Crippen molar-refractivity contribution in [1.29, 1.82) is 5.26 Å². The summed E-state index contributed by atoms with van der Waals surface area (Å²) in [6.45, 7) is -0.295. The number of alkyl halides is 1. The van der Waals surface area contributed by atoms with Gasteiger partial charge in [-0.15, -0.1) is 0 Å². The van der Waals surface area contributed by atoms with E-state index in [1.165, 1.54) is 54.6 Å². The van der Waals surface area contributed by atoms with E-state index >= 15 is 0 Å². The Balaban J connectivity index is 2.09. The first-order valence-electron chi connectivity index (χ1n) is 6.53. The van der Waals surface area contributed by atoms with Crippen LogP contribution in [0.5, 0.6) is 0 Å². The molecule has 0 aromatic heterocycles. The van der Waals surface area contributed by atoms with Crippen molar-refractivity contribution in [2.24, 2.45) is 0 Å². The molecule has 0 saturated carbocycles. The van der Waals surface area contributed by atoms with Crippen LogP contribution in [0.3, 0.4) is 0 Å². The van der Waals surface area contributed by atoms with Gasteiger partial charge in [-0.05, 0) is 17.7 Å². The number of nitrogens with zero attached hydrogens (tertiary/aromatic N) is 2. The van der Waals surface area contributed by atoms with Crippen LogP contribution in [0.1, 0.15) is 11.1 Å². The average molecular weight is 314 g/mol. The van der Waals surface area contributed by atoms with Crippen LogP contribution < -0.4 is 0 Å². The Kier molecular flexibility index (Phi) is 4.66. The summed E-state index contributed by atoms with van der Waals surface area (Å²) in [5.74, 6) is -1.33. The van der Waals surface area contributed by atoms with Gasteiger partial charge in [0.05, 0.1) is 4.92 Å². The summed E-state index contributed by atoms with van der Waals surface area (Å²) >= 11 is 0. The summed E-state index contributed by atoms with van der Waals surface area (Å²) < 4.78 is 19.4. The first-order valence-corrected chi connectivity index (χ1v) is 6.53. The lowest BCUT2D eigenvalue weighted by Gasteiger charge is -2.16. The zero-order valence-corrected chi connectivity index (χ0v) is 11.8. The van der Waals surface area contributed by atoms with Gasteiger partial charge in [0.1, 0.15) is 12.7 Å². The number of carbonyl (C=O) groups excluding carboxylic acids is 1. The van der Waals surface area contributed by atoms with Crippen LogP contribution in [0.25, 0.3) is 0 Å². The third-order valence-corrected chi connectivity index (χ3v) is 3.12.